The summed E-state index contributed by atoms with van der Waals surface area (Å²) in [6, 6.07) is 0. The second-order valence-electron chi connectivity index (χ2n) is 19.8. The molecule has 0 radical (unpaired) electrons. The summed E-state index contributed by atoms with van der Waals surface area (Å²) in [4.78, 5) is 31.0. The average molecular weight is 1060 g/mol. The van der Waals surface area contributed by atoms with Crippen molar-refractivity contribution in [2.75, 3.05) is 26.2 Å². The second-order valence-corrected chi connectivity index (χ2v) is 22.5. The number of phosphoric acid groups is 2. The van der Waals surface area contributed by atoms with Crippen molar-refractivity contribution in [2.45, 2.75) is 214 Å². The first kappa shape index (κ1) is 78.9. The van der Waals surface area contributed by atoms with Crippen LogP contribution in [-0.4, -0.2) is 45.8 Å². The lowest BCUT2D eigenvalue weighted by Gasteiger charge is -2.03. The Labute approximate surface area is 449 Å². The van der Waals surface area contributed by atoms with Gasteiger partial charge >= 0.3 is 15.6 Å². The SMILES string of the molecule is CC(C)=CCCC(C)=CCCC(C)=CCN.CC(C)=CCCC(C)=CCCC(C)=CCN.CC(C)=CCCC(C)=CCCC(C)=CCN.CC(C)=CCCC(C)=CCCC(C)=CCN.O=P(O)(O)OP(=O)(O)O. The van der Waals surface area contributed by atoms with Crippen molar-refractivity contribution in [1.82, 2.24) is 0 Å². The Hall–Kier alpha value is -3.02. The molecule has 73 heavy (non-hydrogen) atoms. The third-order valence-corrected chi connectivity index (χ3v) is 12.3. The Morgan fingerprint density at radius 1 is 0.288 bits per heavy atom. The van der Waals surface area contributed by atoms with E-state index < -0.39 is 15.6 Å². The second kappa shape index (κ2) is 52.4. The molecule has 0 spiro atoms. The van der Waals surface area contributed by atoms with E-state index in [9.17, 15) is 9.13 Å². The summed E-state index contributed by atoms with van der Waals surface area (Å²) in [5.74, 6) is 0. The predicted octanol–water partition coefficient (Wildman–Crippen LogP) is 16.6. The number of nitrogens with two attached hydrogens (primary N) is 4. The lowest BCUT2D eigenvalue weighted by atomic mass is 10.1. The molecule has 0 amide bonds. The van der Waals surface area contributed by atoms with E-state index in [-0.39, 0.29) is 0 Å². The highest BCUT2D eigenvalue weighted by atomic mass is 31.3. The highest BCUT2D eigenvalue weighted by Gasteiger charge is 2.28. The van der Waals surface area contributed by atoms with Crippen LogP contribution in [0.3, 0.4) is 0 Å². The normalized spacial score (nSPS) is 12.9. The maximum atomic E-state index is 9.63. The van der Waals surface area contributed by atoms with Gasteiger partial charge in [0.2, 0.25) is 0 Å². The molecule has 0 fully saturated rings. The van der Waals surface area contributed by atoms with Crippen molar-refractivity contribution in [2.24, 2.45) is 22.9 Å². The van der Waals surface area contributed by atoms with Crippen molar-refractivity contribution < 1.29 is 33.0 Å². The van der Waals surface area contributed by atoms with Crippen molar-refractivity contribution in [3.05, 3.63) is 140 Å². The molecule has 0 heterocycles. The third kappa shape index (κ3) is 78.0. The van der Waals surface area contributed by atoms with Crippen LogP contribution in [0.4, 0.5) is 0 Å². The Morgan fingerprint density at radius 3 is 0.534 bits per heavy atom. The van der Waals surface area contributed by atoms with Gasteiger partial charge in [0.25, 0.3) is 0 Å². The van der Waals surface area contributed by atoms with Crippen molar-refractivity contribution in [3.8, 4) is 0 Å². The molecular formula is C60H112N4O7P2. The molecule has 0 saturated heterocycles. The van der Waals surface area contributed by atoms with E-state index in [1.54, 1.807) is 0 Å². The van der Waals surface area contributed by atoms with Crippen LogP contribution in [0.5, 0.6) is 0 Å². The molecule has 0 unspecified atom stereocenters. The molecule has 12 N–H and O–H groups in total. The van der Waals surface area contributed by atoms with Crippen LogP contribution < -0.4 is 22.9 Å². The molecule has 0 aromatic heterocycles. The summed E-state index contributed by atoms with van der Waals surface area (Å²) >= 11 is 0. The number of allylic oxidation sites excluding steroid dienone is 20. The van der Waals surface area contributed by atoms with Crippen LogP contribution in [0.25, 0.3) is 0 Å². The lowest BCUT2D eigenvalue weighted by molar-refractivity contribution is 0.225. The Bertz CT molecular complexity index is 1650. The number of hydrogen-bond acceptors (Lipinski definition) is 7. The molecule has 0 aromatic carbocycles. The van der Waals surface area contributed by atoms with Crippen molar-refractivity contribution >= 4 is 15.6 Å². The fraction of sp³-hybridized carbons (Fsp3) is 0.600. The maximum absolute atomic E-state index is 9.63. The summed E-state index contributed by atoms with van der Waals surface area (Å²) in [5, 5.41) is 0. The molecule has 0 atom stereocenters. The summed E-state index contributed by atoms with van der Waals surface area (Å²) < 4.78 is 22.2. The highest BCUT2D eigenvalue weighted by molar-refractivity contribution is 7.60. The Morgan fingerprint density at radius 2 is 0.425 bits per heavy atom. The van der Waals surface area contributed by atoms with E-state index in [1.807, 2.05) is 0 Å². The van der Waals surface area contributed by atoms with Gasteiger partial charge in [-0.2, -0.15) is 4.31 Å². The Kier molecular flexibility index (Phi) is 56.6. The van der Waals surface area contributed by atoms with Gasteiger partial charge in [0.1, 0.15) is 0 Å². The first-order valence-corrected chi connectivity index (χ1v) is 29.4. The molecule has 0 aliphatic heterocycles. The first-order valence-electron chi connectivity index (χ1n) is 26.4. The molecule has 0 bridgehead atoms. The van der Waals surface area contributed by atoms with Gasteiger partial charge in [-0.3, -0.25) is 0 Å². The Balaban J connectivity index is -0.000000267. The zero-order valence-corrected chi connectivity index (χ0v) is 51.1. The fourth-order valence-electron chi connectivity index (χ4n) is 6.30. The van der Waals surface area contributed by atoms with Crippen LogP contribution in [0.2, 0.25) is 0 Å². The van der Waals surface area contributed by atoms with E-state index >= 15 is 0 Å². The third-order valence-electron chi connectivity index (χ3n) is 10.6. The van der Waals surface area contributed by atoms with Gasteiger partial charge in [0.05, 0.1) is 0 Å². The van der Waals surface area contributed by atoms with Crippen LogP contribution >= 0.6 is 15.6 Å². The zero-order valence-electron chi connectivity index (χ0n) is 49.3. The minimum atomic E-state index is -5.05. The van der Waals surface area contributed by atoms with Gasteiger partial charge in [0.15, 0.2) is 0 Å². The molecule has 13 heteroatoms. The minimum absolute atomic E-state index is 0.662. The maximum Gasteiger partial charge on any atom is 0.478 e. The van der Waals surface area contributed by atoms with Crippen molar-refractivity contribution in [3.63, 3.8) is 0 Å². The van der Waals surface area contributed by atoms with Crippen LogP contribution in [0, 0.1) is 0 Å². The fourth-order valence-corrected chi connectivity index (χ4v) is 7.41. The topological polar surface area (TPSA) is 228 Å². The first-order chi connectivity index (χ1) is 33.9. The van der Waals surface area contributed by atoms with Gasteiger partial charge in [-0.1, -0.05) is 140 Å². The molecule has 11 nitrogen and oxygen atoms in total. The standard InChI is InChI=1S/4C15H27N.H4O7P2/c4*1-13(2)7-5-8-14(3)9-6-10-15(4)11-12-16;1-8(2,3)7-9(4,5)6/h4*7,9,11H,5-6,8,10,12,16H2,1-4H3;(H2,1,2,3)(H2,4,5,6). The van der Waals surface area contributed by atoms with Gasteiger partial charge < -0.3 is 42.5 Å². The quantitative estimate of drug-likeness (QED) is 0.0249. The number of hydrogen-bond donors (Lipinski definition) is 8. The van der Waals surface area contributed by atoms with Gasteiger partial charge in [-0.25, -0.2) is 9.13 Å². The monoisotopic (exact) mass is 1060 g/mol. The van der Waals surface area contributed by atoms with Crippen molar-refractivity contribution in [1.29, 1.82) is 0 Å². The van der Waals surface area contributed by atoms with Crippen LogP contribution in [0.1, 0.15) is 214 Å². The number of rotatable bonds is 30. The zero-order chi connectivity index (χ0) is 57.3. The van der Waals surface area contributed by atoms with Gasteiger partial charge in [-0.15, -0.1) is 0 Å². The summed E-state index contributed by atoms with van der Waals surface area (Å²) in [7, 11) is -10.1. The predicted molar refractivity (Wildman–Crippen MR) is 323 cm³/mol. The van der Waals surface area contributed by atoms with E-state index in [0.29, 0.717) is 26.2 Å². The molecule has 0 rings (SSSR count). The molecule has 0 aromatic rings. The molecule has 0 aliphatic rings. The lowest BCUT2D eigenvalue weighted by Crippen LogP contribution is -1.94. The van der Waals surface area contributed by atoms with E-state index in [0.717, 1.165) is 51.4 Å². The molecule has 0 saturated carbocycles. The molecule has 424 valence electrons. The molecule has 0 aliphatic carbocycles. The van der Waals surface area contributed by atoms with Gasteiger partial charge in [0, 0.05) is 26.2 Å². The summed E-state index contributed by atoms with van der Waals surface area (Å²) in [6.07, 6.45) is 45.6. The van der Waals surface area contributed by atoms with Crippen LogP contribution in [0.15, 0.2) is 140 Å². The van der Waals surface area contributed by atoms with Gasteiger partial charge in [-0.05, 0) is 214 Å². The largest absolute Gasteiger partial charge is 0.478 e. The summed E-state index contributed by atoms with van der Waals surface area (Å²) in [5.41, 5.74) is 39.1. The van der Waals surface area contributed by atoms with Crippen LogP contribution in [-0.2, 0) is 13.4 Å². The summed E-state index contributed by atoms with van der Waals surface area (Å²) in [6.45, 7) is 37.4. The average Bonchev–Trinajstić information content (AvgIpc) is 3.23. The van der Waals surface area contributed by atoms with E-state index in [1.165, 1.54) is 118 Å². The smallest absolute Gasteiger partial charge is 0.327 e. The van der Waals surface area contributed by atoms with E-state index in [4.69, 9.17) is 42.5 Å². The molecular weight excluding hydrogens is 951 g/mol. The minimum Gasteiger partial charge on any atom is -0.327 e. The highest BCUT2D eigenvalue weighted by Crippen LogP contribution is 2.53. The van der Waals surface area contributed by atoms with E-state index in [2.05, 4.69) is 188 Å².